The first-order valence-corrected chi connectivity index (χ1v) is 6.92. The fourth-order valence-electron chi connectivity index (χ4n) is 3.00. The highest BCUT2D eigenvalue weighted by atomic mass is 16.3. The Kier molecular flexibility index (Phi) is 3.31. The summed E-state index contributed by atoms with van der Waals surface area (Å²) in [6, 6.07) is 8.72. The van der Waals surface area contributed by atoms with Crippen molar-refractivity contribution in [1.82, 2.24) is 4.90 Å². The molecule has 1 saturated heterocycles. The molecule has 0 N–H and O–H groups in total. The Bertz CT molecular complexity index is 612. The minimum atomic E-state index is 0.661. The van der Waals surface area contributed by atoms with Crippen LogP contribution in [0.3, 0.4) is 0 Å². The highest BCUT2D eigenvalue weighted by Gasteiger charge is 2.20. The van der Waals surface area contributed by atoms with Crippen molar-refractivity contribution in [3.05, 3.63) is 35.6 Å². The van der Waals surface area contributed by atoms with Crippen molar-refractivity contribution in [2.24, 2.45) is 0 Å². The molecule has 0 bridgehead atoms. The van der Waals surface area contributed by atoms with Gasteiger partial charge < -0.3 is 4.42 Å². The first-order valence-electron chi connectivity index (χ1n) is 6.92. The second kappa shape index (κ2) is 5.11. The molecule has 0 spiro atoms. The molecule has 19 heavy (non-hydrogen) atoms. The number of rotatable bonds is 2. The summed E-state index contributed by atoms with van der Waals surface area (Å²) < 4.78 is 5.63. The van der Waals surface area contributed by atoms with Crippen LogP contribution in [0.15, 0.2) is 28.7 Å². The van der Waals surface area contributed by atoms with Crippen LogP contribution in [0.2, 0.25) is 0 Å². The zero-order chi connectivity index (χ0) is 13.2. The topological polar surface area (TPSA) is 16.4 Å². The van der Waals surface area contributed by atoms with Crippen LogP contribution >= 0.6 is 0 Å². The fraction of sp³-hybridized carbons (Fsp3) is 0.412. The lowest BCUT2D eigenvalue weighted by Gasteiger charge is -2.30. The van der Waals surface area contributed by atoms with Gasteiger partial charge in [0.15, 0.2) is 0 Å². The highest BCUT2D eigenvalue weighted by molar-refractivity contribution is 5.78. The second-order valence-corrected chi connectivity index (χ2v) is 5.41. The van der Waals surface area contributed by atoms with Crippen molar-refractivity contribution in [2.75, 3.05) is 19.6 Å². The normalized spacial score (nSPS) is 17.7. The third-order valence-corrected chi connectivity index (χ3v) is 4.04. The van der Waals surface area contributed by atoms with Crippen LogP contribution in [0, 0.1) is 19.3 Å². The molecule has 0 aliphatic carbocycles. The number of fused-ring (bicyclic) bond motifs is 1. The standard InChI is InChI=1S/C17H19NO/c1-3-8-18-9-6-14(7-10-18)15-4-5-17-16(12-15)11-13(2)19-17/h1,4-5,11-12,14H,6-10H2,2H3. The van der Waals surface area contributed by atoms with E-state index in [1.165, 1.54) is 23.8 Å². The van der Waals surface area contributed by atoms with Crippen molar-refractivity contribution in [2.45, 2.75) is 25.7 Å². The summed E-state index contributed by atoms with van der Waals surface area (Å²) in [7, 11) is 0. The van der Waals surface area contributed by atoms with Gasteiger partial charge >= 0.3 is 0 Å². The van der Waals surface area contributed by atoms with E-state index in [0.717, 1.165) is 31.0 Å². The van der Waals surface area contributed by atoms with Gasteiger partial charge in [-0.25, -0.2) is 0 Å². The lowest BCUT2D eigenvalue weighted by atomic mass is 9.89. The fourth-order valence-corrected chi connectivity index (χ4v) is 3.00. The summed E-state index contributed by atoms with van der Waals surface area (Å²) >= 11 is 0. The number of nitrogens with zero attached hydrogens (tertiary/aromatic N) is 1. The van der Waals surface area contributed by atoms with Crippen molar-refractivity contribution in [3.63, 3.8) is 0 Å². The Morgan fingerprint density at radius 2 is 2.11 bits per heavy atom. The molecule has 0 unspecified atom stereocenters. The number of benzene rings is 1. The van der Waals surface area contributed by atoms with E-state index < -0.39 is 0 Å². The van der Waals surface area contributed by atoms with E-state index in [4.69, 9.17) is 10.8 Å². The molecule has 98 valence electrons. The molecular formula is C17H19NO. The lowest BCUT2D eigenvalue weighted by Crippen LogP contribution is -2.33. The van der Waals surface area contributed by atoms with Crippen LogP contribution in [-0.2, 0) is 0 Å². The van der Waals surface area contributed by atoms with E-state index in [9.17, 15) is 0 Å². The van der Waals surface area contributed by atoms with Crippen LogP contribution in [0.1, 0.15) is 30.1 Å². The number of hydrogen-bond acceptors (Lipinski definition) is 2. The maximum Gasteiger partial charge on any atom is 0.134 e. The third-order valence-electron chi connectivity index (χ3n) is 4.04. The van der Waals surface area contributed by atoms with E-state index in [-0.39, 0.29) is 0 Å². The van der Waals surface area contributed by atoms with Gasteiger partial charge in [0, 0.05) is 5.39 Å². The molecule has 0 amide bonds. The van der Waals surface area contributed by atoms with Crippen LogP contribution in [0.25, 0.3) is 11.0 Å². The number of terminal acetylenes is 1. The second-order valence-electron chi connectivity index (χ2n) is 5.41. The maximum absolute atomic E-state index is 5.63. The molecule has 1 aromatic heterocycles. The summed E-state index contributed by atoms with van der Waals surface area (Å²) in [5.41, 5.74) is 2.43. The molecule has 2 nitrogen and oxygen atoms in total. The molecule has 2 heterocycles. The third kappa shape index (κ3) is 2.52. The summed E-state index contributed by atoms with van der Waals surface area (Å²) in [6.07, 6.45) is 7.76. The van der Waals surface area contributed by atoms with Gasteiger partial charge in [0.25, 0.3) is 0 Å². The van der Waals surface area contributed by atoms with Gasteiger partial charge in [-0.2, -0.15) is 0 Å². The van der Waals surface area contributed by atoms with Gasteiger partial charge in [-0.15, -0.1) is 6.42 Å². The number of piperidine rings is 1. The van der Waals surface area contributed by atoms with E-state index >= 15 is 0 Å². The Labute approximate surface area is 114 Å². The Balaban J connectivity index is 1.76. The summed E-state index contributed by atoms with van der Waals surface area (Å²) in [6.45, 7) is 5.00. The van der Waals surface area contributed by atoms with Crippen molar-refractivity contribution in [3.8, 4) is 12.3 Å². The first-order chi connectivity index (χ1) is 9.26. The van der Waals surface area contributed by atoms with E-state index in [0.29, 0.717) is 5.92 Å². The summed E-state index contributed by atoms with van der Waals surface area (Å²) in [4.78, 5) is 2.36. The van der Waals surface area contributed by atoms with Gasteiger partial charge in [0.1, 0.15) is 11.3 Å². The minimum Gasteiger partial charge on any atom is -0.461 e. The highest BCUT2D eigenvalue weighted by Crippen LogP contribution is 2.30. The molecule has 1 fully saturated rings. The number of hydrogen-bond donors (Lipinski definition) is 0. The largest absolute Gasteiger partial charge is 0.461 e. The molecule has 1 aromatic carbocycles. The van der Waals surface area contributed by atoms with Crippen molar-refractivity contribution >= 4 is 11.0 Å². The lowest BCUT2D eigenvalue weighted by molar-refractivity contribution is 0.236. The zero-order valence-corrected chi connectivity index (χ0v) is 11.4. The average Bonchev–Trinajstić information content (AvgIpc) is 2.79. The SMILES string of the molecule is C#CCN1CCC(c2ccc3oc(C)cc3c2)CC1. The predicted octanol–water partition coefficient (Wildman–Crippen LogP) is 3.55. The summed E-state index contributed by atoms with van der Waals surface area (Å²) in [5, 5.41) is 1.22. The summed E-state index contributed by atoms with van der Waals surface area (Å²) in [5.74, 6) is 4.38. The molecule has 2 aromatic rings. The van der Waals surface area contributed by atoms with Gasteiger partial charge in [-0.3, -0.25) is 4.90 Å². The first kappa shape index (κ1) is 12.3. The Morgan fingerprint density at radius 1 is 1.32 bits per heavy atom. The van der Waals surface area contributed by atoms with Crippen LogP contribution in [0.5, 0.6) is 0 Å². The van der Waals surface area contributed by atoms with Crippen molar-refractivity contribution < 1.29 is 4.42 Å². The molecule has 2 heteroatoms. The van der Waals surface area contributed by atoms with Gasteiger partial charge in [-0.1, -0.05) is 12.0 Å². The molecule has 0 saturated carbocycles. The van der Waals surface area contributed by atoms with E-state index in [2.05, 4.69) is 35.1 Å². The minimum absolute atomic E-state index is 0.661. The van der Waals surface area contributed by atoms with Gasteiger partial charge in [0.2, 0.25) is 0 Å². The van der Waals surface area contributed by atoms with E-state index in [1.807, 2.05) is 6.92 Å². The maximum atomic E-state index is 5.63. The number of aryl methyl sites for hydroxylation is 1. The molecule has 0 radical (unpaired) electrons. The van der Waals surface area contributed by atoms with Crippen LogP contribution in [0.4, 0.5) is 0 Å². The Hall–Kier alpha value is -1.72. The average molecular weight is 253 g/mol. The van der Waals surface area contributed by atoms with Gasteiger partial charge in [-0.05, 0) is 62.5 Å². The molecule has 0 atom stereocenters. The quantitative estimate of drug-likeness (QED) is 0.761. The smallest absolute Gasteiger partial charge is 0.134 e. The molecule has 1 aliphatic heterocycles. The monoisotopic (exact) mass is 253 g/mol. The molecular weight excluding hydrogens is 234 g/mol. The van der Waals surface area contributed by atoms with Crippen molar-refractivity contribution in [1.29, 1.82) is 0 Å². The van der Waals surface area contributed by atoms with Gasteiger partial charge in [0.05, 0.1) is 6.54 Å². The van der Waals surface area contributed by atoms with Crippen LogP contribution < -0.4 is 0 Å². The number of furan rings is 1. The molecule has 3 rings (SSSR count). The Morgan fingerprint density at radius 3 is 2.84 bits per heavy atom. The molecule has 1 aliphatic rings. The van der Waals surface area contributed by atoms with Crippen LogP contribution in [-0.4, -0.2) is 24.5 Å². The zero-order valence-electron chi connectivity index (χ0n) is 11.4. The predicted molar refractivity (Wildman–Crippen MR) is 78.2 cm³/mol. The number of likely N-dealkylation sites (tertiary alicyclic amines) is 1. The van der Waals surface area contributed by atoms with E-state index in [1.54, 1.807) is 0 Å².